The van der Waals surface area contributed by atoms with Gasteiger partial charge in [-0.25, -0.2) is 18.6 Å². The van der Waals surface area contributed by atoms with Gasteiger partial charge in [-0.2, -0.15) is 5.06 Å². The number of halogens is 2. The number of carbonyl (C=O) groups excluding carboxylic acids is 4. The van der Waals surface area contributed by atoms with Crippen LogP contribution in [0.4, 0.5) is 20.2 Å². The van der Waals surface area contributed by atoms with Gasteiger partial charge in [-0.1, -0.05) is 0 Å². The van der Waals surface area contributed by atoms with Crippen LogP contribution in [0.2, 0.25) is 0 Å². The lowest BCUT2D eigenvalue weighted by atomic mass is 10.1. The summed E-state index contributed by atoms with van der Waals surface area (Å²) in [7, 11) is 0. The molecular formula is C20H15F2N3O5. The standard InChI is InChI=1S/C20H15F2N3O5/c21-11-1-5-13(6-2-11)23-17(26)9-15(19(23)28)25(30)16-10-18(27)24(20(16)29)14-7-3-12(22)4-8-14/h1-8,15-16,30H,9-10H2. The summed E-state index contributed by atoms with van der Waals surface area (Å²) in [5, 5.41) is 11.0. The van der Waals surface area contributed by atoms with E-state index in [1.807, 2.05) is 0 Å². The number of carbonyl (C=O) groups is 4. The highest BCUT2D eigenvalue weighted by Crippen LogP contribution is 2.30. The molecule has 2 aromatic rings. The van der Waals surface area contributed by atoms with Crippen molar-refractivity contribution in [3.8, 4) is 0 Å². The van der Waals surface area contributed by atoms with Crippen molar-refractivity contribution in [1.29, 1.82) is 0 Å². The zero-order chi connectivity index (χ0) is 21.6. The van der Waals surface area contributed by atoms with E-state index in [1.165, 1.54) is 24.3 Å². The van der Waals surface area contributed by atoms with Gasteiger partial charge in [0.1, 0.15) is 23.7 Å². The third-order valence-electron chi connectivity index (χ3n) is 5.05. The molecule has 2 heterocycles. The Bertz CT molecular complexity index is 958. The summed E-state index contributed by atoms with van der Waals surface area (Å²) in [5.41, 5.74) is 0.258. The maximum absolute atomic E-state index is 13.1. The first kappa shape index (κ1) is 19.8. The molecule has 2 fully saturated rings. The zero-order valence-corrected chi connectivity index (χ0v) is 15.4. The second kappa shape index (κ2) is 7.39. The molecule has 154 valence electrons. The summed E-state index contributed by atoms with van der Waals surface area (Å²) in [6.07, 6.45) is -0.831. The molecule has 2 unspecified atom stereocenters. The third-order valence-corrected chi connectivity index (χ3v) is 5.05. The quantitative estimate of drug-likeness (QED) is 0.602. The fourth-order valence-corrected chi connectivity index (χ4v) is 3.59. The van der Waals surface area contributed by atoms with Crippen LogP contribution in [0.5, 0.6) is 0 Å². The number of rotatable bonds is 4. The van der Waals surface area contributed by atoms with Gasteiger partial charge < -0.3 is 5.21 Å². The van der Waals surface area contributed by atoms with Crippen LogP contribution >= 0.6 is 0 Å². The van der Waals surface area contributed by atoms with Crippen LogP contribution in [0, 0.1) is 11.6 Å². The molecule has 4 amide bonds. The molecule has 4 rings (SSSR count). The molecule has 2 atom stereocenters. The SMILES string of the molecule is O=C1CC(N(O)C2CC(=O)N(c3ccc(F)cc3)C2=O)C(=O)N1c1ccc(F)cc1. The molecule has 2 aromatic carbocycles. The van der Waals surface area contributed by atoms with Crippen LogP contribution in [0.1, 0.15) is 12.8 Å². The van der Waals surface area contributed by atoms with Crippen molar-refractivity contribution >= 4 is 35.0 Å². The second-order valence-corrected chi connectivity index (χ2v) is 6.91. The van der Waals surface area contributed by atoms with Gasteiger partial charge in [0.15, 0.2) is 0 Å². The van der Waals surface area contributed by atoms with Crippen molar-refractivity contribution in [3.05, 3.63) is 60.2 Å². The number of amides is 4. The summed E-state index contributed by atoms with van der Waals surface area (Å²) in [4.78, 5) is 51.7. The number of anilines is 2. The Kier molecular flexibility index (Phi) is 4.88. The molecule has 10 heteroatoms. The maximum atomic E-state index is 13.1. The molecule has 0 aromatic heterocycles. The number of imide groups is 2. The Balaban J connectivity index is 1.55. The molecule has 2 aliphatic rings. The summed E-state index contributed by atoms with van der Waals surface area (Å²) in [5.74, 6) is -3.96. The largest absolute Gasteiger partial charge is 0.312 e. The second-order valence-electron chi connectivity index (χ2n) is 6.91. The Morgan fingerprint density at radius 3 is 1.37 bits per heavy atom. The molecule has 0 aliphatic carbocycles. The van der Waals surface area contributed by atoms with E-state index >= 15 is 0 Å². The summed E-state index contributed by atoms with van der Waals surface area (Å²) >= 11 is 0. The molecule has 0 saturated carbocycles. The predicted molar refractivity (Wildman–Crippen MR) is 98.2 cm³/mol. The molecule has 2 aliphatic heterocycles. The van der Waals surface area contributed by atoms with Crippen LogP contribution in [-0.2, 0) is 19.2 Å². The van der Waals surface area contributed by atoms with E-state index in [0.717, 1.165) is 34.1 Å². The van der Waals surface area contributed by atoms with E-state index < -0.39 is 60.2 Å². The monoisotopic (exact) mass is 415 g/mol. The first-order chi connectivity index (χ1) is 14.3. The number of hydrogen-bond acceptors (Lipinski definition) is 6. The molecule has 30 heavy (non-hydrogen) atoms. The predicted octanol–water partition coefficient (Wildman–Crippen LogP) is 1.62. The van der Waals surface area contributed by atoms with E-state index in [1.54, 1.807) is 0 Å². The number of benzene rings is 2. The lowest BCUT2D eigenvalue weighted by Crippen LogP contribution is -2.49. The highest BCUT2D eigenvalue weighted by molar-refractivity contribution is 6.24. The van der Waals surface area contributed by atoms with Gasteiger partial charge in [-0.15, -0.1) is 0 Å². The van der Waals surface area contributed by atoms with Crippen molar-refractivity contribution in [2.75, 3.05) is 9.80 Å². The average Bonchev–Trinajstić information content (AvgIpc) is 3.18. The minimum atomic E-state index is -1.38. The van der Waals surface area contributed by atoms with Crippen molar-refractivity contribution in [2.45, 2.75) is 24.9 Å². The molecule has 0 bridgehead atoms. The Labute approximate surface area is 168 Å². The summed E-state index contributed by atoms with van der Waals surface area (Å²) in [6.45, 7) is 0. The first-order valence-corrected chi connectivity index (χ1v) is 9.00. The Morgan fingerprint density at radius 1 is 0.700 bits per heavy atom. The molecule has 0 spiro atoms. The fraction of sp³-hybridized carbons (Fsp3) is 0.200. The normalized spacial score (nSPS) is 22.0. The van der Waals surface area contributed by atoms with Crippen molar-refractivity contribution in [3.63, 3.8) is 0 Å². The fourth-order valence-electron chi connectivity index (χ4n) is 3.59. The average molecular weight is 415 g/mol. The van der Waals surface area contributed by atoms with Crippen molar-refractivity contribution in [1.82, 2.24) is 5.06 Å². The van der Waals surface area contributed by atoms with E-state index in [-0.39, 0.29) is 11.4 Å². The Hall–Kier alpha value is -3.50. The maximum Gasteiger partial charge on any atom is 0.254 e. The van der Waals surface area contributed by atoms with E-state index in [2.05, 4.69) is 0 Å². The topological polar surface area (TPSA) is 98.2 Å². The van der Waals surface area contributed by atoms with Gasteiger partial charge in [-0.05, 0) is 48.5 Å². The van der Waals surface area contributed by atoms with E-state index in [4.69, 9.17) is 0 Å². The molecule has 0 radical (unpaired) electrons. The van der Waals surface area contributed by atoms with Crippen molar-refractivity contribution < 1.29 is 33.2 Å². The van der Waals surface area contributed by atoms with Gasteiger partial charge in [0, 0.05) is 0 Å². The number of nitrogens with zero attached hydrogens (tertiary/aromatic N) is 3. The molecule has 8 nitrogen and oxygen atoms in total. The molecular weight excluding hydrogens is 400 g/mol. The number of hydroxylamine groups is 2. The zero-order valence-electron chi connectivity index (χ0n) is 15.4. The van der Waals surface area contributed by atoms with Gasteiger partial charge >= 0.3 is 0 Å². The highest BCUT2D eigenvalue weighted by atomic mass is 19.1. The lowest BCUT2D eigenvalue weighted by Gasteiger charge is -2.25. The van der Waals surface area contributed by atoms with Gasteiger partial charge in [0.2, 0.25) is 11.8 Å². The smallest absolute Gasteiger partial charge is 0.254 e. The highest BCUT2D eigenvalue weighted by Gasteiger charge is 2.50. The Morgan fingerprint density at radius 2 is 1.03 bits per heavy atom. The van der Waals surface area contributed by atoms with E-state index in [0.29, 0.717) is 5.06 Å². The first-order valence-electron chi connectivity index (χ1n) is 9.00. The van der Waals surface area contributed by atoms with Crippen LogP contribution < -0.4 is 9.80 Å². The van der Waals surface area contributed by atoms with Crippen LogP contribution in [0.15, 0.2) is 48.5 Å². The van der Waals surface area contributed by atoms with Gasteiger partial charge in [0.25, 0.3) is 11.8 Å². The minimum absolute atomic E-state index is 0.129. The van der Waals surface area contributed by atoms with Crippen molar-refractivity contribution in [2.24, 2.45) is 0 Å². The summed E-state index contributed by atoms with van der Waals surface area (Å²) in [6, 6.07) is 6.56. The van der Waals surface area contributed by atoms with Gasteiger partial charge in [-0.3, -0.25) is 19.2 Å². The third kappa shape index (κ3) is 3.25. The molecule has 2 saturated heterocycles. The van der Waals surface area contributed by atoms with Gasteiger partial charge in [0.05, 0.1) is 24.2 Å². The summed E-state index contributed by atoms with van der Waals surface area (Å²) < 4.78 is 26.2. The lowest BCUT2D eigenvalue weighted by molar-refractivity contribution is -0.172. The number of hydrogen-bond donors (Lipinski definition) is 1. The molecule has 1 N–H and O–H groups in total. The van der Waals surface area contributed by atoms with Crippen LogP contribution in [0.25, 0.3) is 0 Å². The van der Waals surface area contributed by atoms with Crippen LogP contribution in [0.3, 0.4) is 0 Å². The minimum Gasteiger partial charge on any atom is -0.312 e. The van der Waals surface area contributed by atoms with Crippen LogP contribution in [-0.4, -0.2) is 46.0 Å². The van der Waals surface area contributed by atoms with E-state index in [9.17, 15) is 33.2 Å².